The molecule has 122 valence electrons. The predicted octanol–water partition coefficient (Wildman–Crippen LogP) is 2.24. The Labute approximate surface area is 139 Å². The van der Waals surface area contributed by atoms with E-state index < -0.39 is 10.0 Å². The van der Waals surface area contributed by atoms with E-state index >= 15 is 0 Å². The standard InChI is InChI=1S/C15H17N3O3S2/c1-11(19)18-14-9-13(6-7-15(14)22-2)23(20,21)17-10-12-5-3-4-8-16-12/h3-9,17H,10H2,1-2H3,(H,18,19). The number of anilines is 1. The van der Waals surface area contributed by atoms with Gasteiger partial charge in [-0.1, -0.05) is 6.07 Å². The van der Waals surface area contributed by atoms with Gasteiger partial charge in [0.1, 0.15) is 0 Å². The van der Waals surface area contributed by atoms with Crippen molar-refractivity contribution in [3.8, 4) is 0 Å². The number of thioether (sulfide) groups is 1. The molecule has 8 heteroatoms. The minimum absolute atomic E-state index is 0.0926. The Morgan fingerprint density at radius 1 is 1.26 bits per heavy atom. The second-order valence-electron chi connectivity index (χ2n) is 4.69. The number of hydrogen-bond donors (Lipinski definition) is 2. The second kappa shape index (κ2) is 7.58. The lowest BCUT2D eigenvalue weighted by Crippen LogP contribution is -2.24. The Balaban J connectivity index is 2.23. The topological polar surface area (TPSA) is 88.2 Å². The lowest BCUT2D eigenvalue weighted by atomic mass is 10.3. The van der Waals surface area contributed by atoms with Gasteiger partial charge in [-0.2, -0.15) is 0 Å². The smallest absolute Gasteiger partial charge is 0.240 e. The number of rotatable bonds is 6. The van der Waals surface area contributed by atoms with Crippen molar-refractivity contribution in [2.24, 2.45) is 0 Å². The second-order valence-corrected chi connectivity index (χ2v) is 7.30. The molecule has 23 heavy (non-hydrogen) atoms. The Hall–Kier alpha value is -1.90. The summed E-state index contributed by atoms with van der Waals surface area (Å²) in [6, 6.07) is 9.93. The summed E-state index contributed by atoms with van der Waals surface area (Å²) in [6.07, 6.45) is 3.46. The third kappa shape index (κ3) is 4.78. The van der Waals surface area contributed by atoms with Crippen LogP contribution in [-0.2, 0) is 21.4 Å². The van der Waals surface area contributed by atoms with E-state index in [0.717, 1.165) is 4.90 Å². The molecule has 0 atom stereocenters. The molecule has 0 spiro atoms. The highest BCUT2D eigenvalue weighted by atomic mass is 32.2. The monoisotopic (exact) mass is 351 g/mol. The molecule has 0 aliphatic rings. The van der Waals surface area contributed by atoms with Gasteiger partial charge in [0.05, 0.1) is 22.8 Å². The van der Waals surface area contributed by atoms with Crippen molar-refractivity contribution >= 4 is 33.4 Å². The first-order valence-electron chi connectivity index (χ1n) is 6.77. The van der Waals surface area contributed by atoms with Gasteiger partial charge in [0.25, 0.3) is 0 Å². The fourth-order valence-electron chi connectivity index (χ4n) is 1.90. The van der Waals surface area contributed by atoms with Crippen molar-refractivity contribution in [3.05, 3.63) is 48.3 Å². The van der Waals surface area contributed by atoms with Crippen LogP contribution in [0.3, 0.4) is 0 Å². The molecule has 1 aromatic heterocycles. The van der Waals surface area contributed by atoms with Crippen molar-refractivity contribution in [3.63, 3.8) is 0 Å². The zero-order chi connectivity index (χ0) is 16.9. The van der Waals surface area contributed by atoms with E-state index in [4.69, 9.17) is 0 Å². The van der Waals surface area contributed by atoms with Crippen molar-refractivity contribution in [1.29, 1.82) is 0 Å². The molecule has 1 amide bonds. The molecular formula is C15H17N3O3S2. The summed E-state index contributed by atoms with van der Waals surface area (Å²) in [5.41, 5.74) is 1.10. The van der Waals surface area contributed by atoms with E-state index in [0.29, 0.717) is 11.4 Å². The largest absolute Gasteiger partial charge is 0.325 e. The minimum atomic E-state index is -3.69. The Morgan fingerprint density at radius 3 is 2.65 bits per heavy atom. The van der Waals surface area contributed by atoms with Crippen LogP contribution in [0, 0.1) is 0 Å². The average Bonchev–Trinajstić information content (AvgIpc) is 2.53. The first-order chi connectivity index (χ1) is 10.9. The number of hydrogen-bond acceptors (Lipinski definition) is 5. The van der Waals surface area contributed by atoms with Crippen LogP contribution in [0.4, 0.5) is 5.69 Å². The van der Waals surface area contributed by atoms with E-state index in [-0.39, 0.29) is 17.3 Å². The molecule has 0 aliphatic heterocycles. The van der Waals surface area contributed by atoms with Crippen LogP contribution in [-0.4, -0.2) is 25.6 Å². The molecule has 0 fully saturated rings. The lowest BCUT2D eigenvalue weighted by molar-refractivity contribution is -0.114. The van der Waals surface area contributed by atoms with Gasteiger partial charge in [-0.3, -0.25) is 9.78 Å². The highest BCUT2D eigenvalue weighted by Crippen LogP contribution is 2.28. The first kappa shape index (κ1) is 17.5. The third-order valence-corrected chi connectivity index (χ3v) is 5.16. The van der Waals surface area contributed by atoms with E-state index in [2.05, 4.69) is 15.0 Å². The van der Waals surface area contributed by atoms with Crippen LogP contribution < -0.4 is 10.0 Å². The zero-order valence-corrected chi connectivity index (χ0v) is 14.4. The van der Waals surface area contributed by atoms with Gasteiger partial charge in [-0.05, 0) is 36.6 Å². The molecule has 0 aliphatic carbocycles. The van der Waals surface area contributed by atoms with E-state index in [1.54, 1.807) is 30.5 Å². The molecule has 1 heterocycles. The molecule has 0 radical (unpaired) electrons. The maximum atomic E-state index is 12.4. The maximum absolute atomic E-state index is 12.4. The predicted molar refractivity (Wildman–Crippen MR) is 90.8 cm³/mol. The summed E-state index contributed by atoms with van der Waals surface area (Å²) in [5.74, 6) is -0.253. The number of nitrogens with one attached hydrogen (secondary N) is 2. The molecule has 1 aromatic carbocycles. The number of aromatic nitrogens is 1. The van der Waals surface area contributed by atoms with Crippen molar-refractivity contribution in [1.82, 2.24) is 9.71 Å². The van der Waals surface area contributed by atoms with Gasteiger partial charge in [-0.25, -0.2) is 13.1 Å². The van der Waals surface area contributed by atoms with Crippen molar-refractivity contribution < 1.29 is 13.2 Å². The number of benzene rings is 1. The summed E-state index contributed by atoms with van der Waals surface area (Å²) in [7, 11) is -3.69. The molecule has 0 unspecified atom stereocenters. The maximum Gasteiger partial charge on any atom is 0.240 e. The molecule has 2 aromatic rings. The average molecular weight is 351 g/mol. The lowest BCUT2D eigenvalue weighted by Gasteiger charge is -2.11. The van der Waals surface area contributed by atoms with Crippen LogP contribution in [0.15, 0.2) is 52.4 Å². The summed E-state index contributed by atoms with van der Waals surface area (Å²) < 4.78 is 27.3. The number of nitrogens with zero attached hydrogens (tertiary/aromatic N) is 1. The third-order valence-electron chi connectivity index (χ3n) is 2.96. The number of amides is 1. The molecule has 0 bridgehead atoms. The van der Waals surface area contributed by atoms with Gasteiger partial charge in [0.15, 0.2) is 0 Å². The summed E-state index contributed by atoms with van der Waals surface area (Å²) >= 11 is 1.43. The summed E-state index contributed by atoms with van der Waals surface area (Å²) in [5, 5.41) is 2.65. The van der Waals surface area contributed by atoms with Gasteiger partial charge >= 0.3 is 0 Å². The highest BCUT2D eigenvalue weighted by Gasteiger charge is 2.16. The number of pyridine rings is 1. The highest BCUT2D eigenvalue weighted by molar-refractivity contribution is 7.98. The first-order valence-corrected chi connectivity index (χ1v) is 9.48. The van der Waals surface area contributed by atoms with Crippen LogP contribution in [0.25, 0.3) is 0 Å². The fraction of sp³-hybridized carbons (Fsp3) is 0.200. The van der Waals surface area contributed by atoms with E-state index in [9.17, 15) is 13.2 Å². The minimum Gasteiger partial charge on any atom is -0.325 e. The molecule has 2 N–H and O–H groups in total. The summed E-state index contributed by atoms with van der Waals surface area (Å²) in [4.78, 5) is 16.2. The van der Waals surface area contributed by atoms with Gasteiger partial charge < -0.3 is 5.32 Å². The van der Waals surface area contributed by atoms with Crippen molar-refractivity contribution in [2.45, 2.75) is 23.3 Å². The van der Waals surface area contributed by atoms with Crippen molar-refractivity contribution in [2.75, 3.05) is 11.6 Å². The molecule has 0 saturated heterocycles. The van der Waals surface area contributed by atoms with Gasteiger partial charge in [0, 0.05) is 18.0 Å². The molecular weight excluding hydrogens is 334 g/mol. The molecule has 2 rings (SSSR count). The Bertz CT molecular complexity index is 793. The number of carbonyl (C=O) groups excluding carboxylic acids is 1. The van der Waals surface area contributed by atoms with Crippen LogP contribution in [0.1, 0.15) is 12.6 Å². The quantitative estimate of drug-likeness (QED) is 0.779. The van der Waals surface area contributed by atoms with E-state index in [1.165, 1.54) is 30.8 Å². The normalized spacial score (nSPS) is 11.2. The van der Waals surface area contributed by atoms with E-state index in [1.807, 2.05) is 6.26 Å². The summed E-state index contributed by atoms with van der Waals surface area (Å²) in [6.45, 7) is 1.48. The molecule has 0 saturated carbocycles. The zero-order valence-electron chi connectivity index (χ0n) is 12.7. The van der Waals surface area contributed by atoms with Crippen LogP contribution in [0.2, 0.25) is 0 Å². The number of sulfonamides is 1. The number of carbonyl (C=O) groups is 1. The molecule has 6 nitrogen and oxygen atoms in total. The Kier molecular flexibility index (Phi) is 5.75. The van der Waals surface area contributed by atoms with Gasteiger partial charge in [-0.15, -0.1) is 11.8 Å². The van der Waals surface area contributed by atoms with Crippen LogP contribution in [0.5, 0.6) is 0 Å². The fourth-order valence-corrected chi connectivity index (χ4v) is 3.46. The Morgan fingerprint density at radius 2 is 2.04 bits per heavy atom. The van der Waals surface area contributed by atoms with Crippen LogP contribution >= 0.6 is 11.8 Å². The van der Waals surface area contributed by atoms with Gasteiger partial charge in [0.2, 0.25) is 15.9 Å². The SMILES string of the molecule is CSc1ccc(S(=O)(=O)NCc2ccccn2)cc1NC(C)=O.